The van der Waals surface area contributed by atoms with Gasteiger partial charge in [-0.3, -0.25) is 14.6 Å². The van der Waals surface area contributed by atoms with Crippen LogP contribution in [0.5, 0.6) is 0 Å². The lowest BCUT2D eigenvalue weighted by atomic mass is 10.1. The van der Waals surface area contributed by atoms with Gasteiger partial charge < -0.3 is 10.6 Å². The first kappa shape index (κ1) is 18.3. The third-order valence-corrected chi connectivity index (χ3v) is 3.92. The molecule has 3 aromatic rings. The van der Waals surface area contributed by atoms with Crippen LogP contribution >= 0.6 is 0 Å². The first-order valence-electron chi connectivity index (χ1n) is 8.47. The lowest BCUT2D eigenvalue weighted by Gasteiger charge is -2.08. The Balaban J connectivity index is 1.61. The van der Waals surface area contributed by atoms with E-state index in [2.05, 4.69) is 15.6 Å². The molecule has 0 saturated carbocycles. The number of hydrogen-bond donors (Lipinski definition) is 2. The topological polar surface area (TPSA) is 71.1 Å². The molecular weight excluding hydrogens is 345 g/mol. The van der Waals surface area contributed by atoms with Crippen molar-refractivity contribution in [2.24, 2.45) is 0 Å². The first-order valence-corrected chi connectivity index (χ1v) is 8.47. The summed E-state index contributed by atoms with van der Waals surface area (Å²) in [5.41, 5.74) is 1.54. The van der Waals surface area contributed by atoms with E-state index in [9.17, 15) is 14.0 Å². The van der Waals surface area contributed by atoms with Gasteiger partial charge in [0.2, 0.25) is 0 Å². The van der Waals surface area contributed by atoms with Crippen LogP contribution in [-0.4, -0.2) is 23.3 Å². The second kappa shape index (κ2) is 8.71. The molecule has 0 unspecified atom stereocenters. The van der Waals surface area contributed by atoms with E-state index in [4.69, 9.17) is 0 Å². The molecular formula is C21H18FN3O2. The minimum absolute atomic E-state index is 0.0770. The van der Waals surface area contributed by atoms with Gasteiger partial charge in [0.05, 0.1) is 5.69 Å². The number of pyridine rings is 1. The van der Waals surface area contributed by atoms with Crippen LogP contribution in [0.25, 0.3) is 0 Å². The van der Waals surface area contributed by atoms with Crippen molar-refractivity contribution in [1.82, 2.24) is 10.3 Å². The van der Waals surface area contributed by atoms with Crippen LogP contribution in [0.4, 0.5) is 10.1 Å². The molecule has 1 heterocycles. The van der Waals surface area contributed by atoms with Gasteiger partial charge in [0.25, 0.3) is 11.8 Å². The van der Waals surface area contributed by atoms with Crippen molar-refractivity contribution in [2.45, 2.75) is 6.42 Å². The van der Waals surface area contributed by atoms with Crippen molar-refractivity contribution in [1.29, 1.82) is 0 Å². The normalized spacial score (nSPS) is 10.3. The largest absolute Gasteiger partial charge is 0.350 e. The number of carbonyl (C=O) groups is 2. The van der Waals surface area contributed by atoms with Crippen LogP contribution in [0.2, 0.25) is 0 Å². The summed E-state index contributed by atoms with van der Waals surface area (Å²) >= 11 is 0. The number of halogens is 1. The predicted octanol–water partition coefficient (Wildman–Crippen LogP) is 3.45. The summed E-state index contributed by atoms with van der Waals surface area (Å²) in [4.78, 5) is 28.6. The third kappa shape index (κ3) is 4.98. The first-order chi connectivity index (χ1) is 13.1. The zero-order valence-corrected chi connectivity index (χ0v) is 14.5. The van der Waals surface area contributed by atoms with Crippen molar-refractivity contribution in [3.05, 3.63) is 95.6 Å². The fourth-order valence-electron chi connectivity index (χ4n) is 2.51. The van der Waals surface area contributed by atoms with Gasteiger partial charge >= 0.3 is 0 Å². The smallest absolute Gasteiger partial charge is 0.269 e. The van der Waals surface area contributed by atoms with Gasteiger partial charge in [-0.2, -0.15) is 0 Å². The molecule has 27 heavy (non-hydrogen) atoms. The average molecular weight is 363 g/mol. The zero-order valence-electron chi connectivity index (χ0n) is 14.5. The Morgan fingerprint density at radius 3 is 2.44 bits per heavy atom. The molecule has 2 N–H and O–H groups in total. The number of aromatic nitrogens is 1. The average Bonchev–Trinajstić information content (AvgIpc) is 2.70. The number of benzene rings is 2. The molecule has 0 bridgehead atoms. The lowest BCUT2D eigenvalue weighted by Crippen LogP contribution is -2.27. The van der Waals surface area contributed by atoms with Crippen LogP contribution in [0.1, 0.15) is 26.4 Å². The van der Waals surface area contributed by atoms with Gasteiger partial charge in [-0.25, -0.2) is 4.39 Å². The summed E-state index contributed by atoms with van der Waals surface area (Å²) in [6.45, 7) is 0.455. The third-order valence-electron chi connectivity index (χ3n) is 3.92. The Labute approximate surface area is 156 Å². The minimum Gasteiger partial charge on any atom is -0.350 e. The van der Waals surface area contributed by atoms with Crippen LogP contribution in [0, 0.1) is 5.82 Å². The molecule has 0 saturated heterocycles. The van der Waals surface area contributed by atoms with Gasteiger partial charge in [0.15, 0.2) is 0 Å². The number of anilines is 1. The highest BCUT2D eigenvalue weighted by Crippen LogP contribution is 2.14. The van der Waals surface area contributed by atoms with Gasteiger partial charge in [-0.1, -0.05) is 42.5 Å². The Morgan fingerprint density at radius 1 is 0.926 bits per heavy atom. The van der Waals surface area contributed by atoms with E-state index < -0.39 is 11.7 Å². The Morgan fingerprint density at radius 2 is 1.67 bits per heavy atom. The SMILES string of the molecule is O=C(Nc1ccccc1F)c1ccnc(C(=O)NCCc2ccccc2)c1. The number of hydrogen-bond acceptors (Lipinski definition) is 3. The van der Waals surface area contributed by atoms with Crippen molar-refractivity contribution in [3.63, 3.8) is 0 Å². The van der Waals surface area contributed by atoms with Crippen molar-refractivity contribution in [2.75, 3.05) is 11.9 Å². The highest BCUT2D eigenvalue weighted by atomic mass is 19.1. The molecule has 3 rings (SSSR count). The van der Waals surface area contributed by atoms with Crippen LogP contribution in [0.3, 0.4) is 0 Å². The molecule has 0 atom stereocenters. The van der Waals surface area contributed by atoms with E-state index in [0.29, 0.717) is 13.0 Å². The molecule has 0 aliphatic heterocycles. The second-order valence-corrected chi connectivity index (χ2v) is 5.86. The molecule has 0 spiro atoms. The number of nitrogens with one attached hydrogen (secondary N) is 2. The molecule has 0 fully saturated rings. The molecule has 0 radical (unpaired) electrons. The lowest BCUT2D eigenvalue weighted by molar-refractivity contribution is 0.0949. The molecule has 1 aromatic heterocycles. The molecule has 0 aliphatic carbocycles. The molecule has 136 valence electrons. The summed E-state index contributed by atoms with van der Waals surface area (Å²) in [7, 11) is 0. The van der Waals surface area contributed by atoms with Gasteiger partial charge in [-0.15, -0.1) is 0 Å². The predicted molar refractivity (Wildman–Crippen MR) is 101 cm³/mol. The fraction of sp³-hybridized carbons (Fsp3) is 0.0952. The number of para-hydroxylation sites is 1. The zero-order chi connectivity index (χ0) is 19.1. The maximum Gasteiger partial charge on any atom is 0.269 e. The van der Waals surface area contributed by atoms with Gasteiger partial charge in [-0.05, 0) is 36.2 Å². The summed E-state index contributed by atoms with van der Waals surface area (Å²) < 4.78 is 13.7. The number of amides is 2. The fourth-order valence-corrected chi connectivity index (χ4v) is 2.51. The number of nitrogens with zero attached hydrogens (tertiary/aromatic N) is 1. The Bertz CT molecular complexity index is 945. The van der Waals surface area contributed by atoms with Gasteiger partial charge in [0.1, 0.15) is 11.5 Å². The van der Waals surface area contributed by atoms with Crippen LogP contribution in [-0.2, 0) is 6.42 Å². The number of carbonyl (C=O) groups excluding carboxylic acids is 2. The van der Waals surface area contributed by atoms with E-state index in [0.717, 1.165) is 5.56 Å². The standard InChI is InChI=1S/C21H18FN3O2/c22-17-8-4-5-9-18(17)25-20(26)16-11-13-23-19(14-16)21(27)24-12-10-15-6-2-1-3-7-15/h1-9,11,13-14H,10,12H2,(H,24,27)(H,25,26). The Kier molecular flexibility index (Phi) is 5.89. The van der Waals surface area contributed by atoms with E-state index >= 15 is 0 Å². The maximum atomic E-state index is 13.7. The maximum absolute atomic E-state index is 13.7. The van der Waals surface area contributed by atoms with E-state index in [-0.39, 0.29) is 22.9 Å². The summed E-state index contributed by atoms with van der Waals surface area (Å²) in [5, 5.41) is 5.26. The van der Waals surface area contributed by atoms with E-state index in [1.807, 2.05) is 30.3 Å². The van der Waals surface area contributed by atoms with E-state index in [1.54, 1.807) is 6.07 Å². The van der Waals surface area contributed by atoms with Crippen molar-refractivity contribution < 1.29 is 14.0 Å². The molecule has 2 aromatic carbocycles. The highest BCUT2D eigenvalue weighted by Gasteiger charge is 2.13. The van der Waals surface area contributed by atoms with E-state index in [1.165, 1.54) is 36.5 Å². The quantitative estimate of drug-likeness (QED) is 0.705. The molecule has 2 amide bonds. The molecule has 0 aliphatic rings. The van der Waals surface area contributed by atoms with Crippen molar-refractivity contribution >= 4 is 17.5 Å². The minimum atomic E-state index is -0.529. The summed E-state index contributed by atoms with van der Waals surface area (Å²) in [5.74, 6) is -1.41. The monoisotopic (exact) mass is 363 g/mol. The Hall–Kier alpha value is -3.54. The van der Waals surface area contributed by atoms with Crippen LogP contribution < -0.4 is 10.6 Å². The molecule has 6 heteroatoms. The van der Waals surface area contributed by atoms with Crippen molar-refractivity contribution in [3.8, 4) is 0 Å². The second-order valence-electron chi connectivity index (χ2n) is 5.86. The van der Waals surface area contributed by atoms with Crippen LogP contribution in [0.15, 0.2) is 72.9 Å². The molecule has 5 nitrogen and oxygen atoms in total. The highest BCUT2D eigenvalue weighted by molar-refractivity contribution is 6.05. The summed E-state index contributed by atoms with van der Waals surface area (Å²) in [6.07, 6.45) is 2.07. The summed E-state index contributed by atoms with van der Waals surface area (Å²) in [6, 6.07) is 18.5. The number of rotatable bonds is 6. The van der Waals surface area contributed by atoms with Gasteiger partial charge in [0, 0.05) is 18.3 Å².